The van der Waals surface area contributed by atoms with Crippen LogP contribution >= 0.6 is 0 Å². The Morgan fingerprint density at radius 3 is 2.43 bits per heavy atom. The van der Waals surface area contributed by atoms with Gasteiger partial charge in [-0.25, -0.2) is 18.2 Å². The Morgan fingerprint density at radius 1 is 1.00 bits per heavy atom. The first-order valence-electron chi connectivity index (χ1n) is 9.07. The monoisotopic (exact) mass is 422 g/mol. The number of nitrogens with one attached hydrogen (secondary N) is 1. The van der Waals surface area contributed by atoms with Crippen molar-refractivity contribution in [1.82, 2.24) is 4.98 Å². The molecule has 0 atom stereocenters. The molecule has 0 radical (unpaired) electrons. The number of rotatable bonds is 5. The van der Waals surface area contributed by atoms with Gasteiger partial charge in [-0.15, -0.1) is 0 Å². The number of hydrogen-bond acceptors (Lipinski definition) is 5. The number of carbonyl (C=O) groups is 1. The summed E-state index contributed by atoms with van der Waals surface area (Å²) in [5.74, 6) is -0.739. The summed E-state index contributed by atoms with van der Waals surface area (Å²) in [6.45, 7) is 3.58. The van der Waals surface area contributed by atoms with Crippen LogP contribution in [0.3, 0.4) is 0 Å². The summed E-state index contributed by atoms with van der Waals surface area (Å²) >= 11 is 0. The first-order chi connectivity index (χ1) is 14.2. The first kappa shape index (κ1) is 19.7. The fourth-order valence-electron chi connectivity index (χ4n) is 3.05. The fourth-order valence-corrected chi connectivity index (χ4v) is 4.14. The summed E-state index contributed by atoms with van der Waals surface area (Å²) in [7, 11) is -3.94. The van der Waals surface area contributed by atoms with Gasteiger partial charge in [-0.05, 0) is 73.5 Å². The number of aromatic carboxylic acids is 1. The third-order valence-corrected chi connectivity index (χ3v) is 6.06. The van der Waals surface area contributed by atoms with Crippen LogP contribution < -0.4 is 4.72 Å². The van der Waals surface area contributed by atoms with E-state index in [4.69, 9.17) is 4.42 Å². The quantitative estimate of drug-likeness (QED) is 0.486. The third kappa shape index (κ3) is 3.77. The van der Waals surface area contributed by atoms with Gasteiger partial charge < -0.3 is 9.52 Å². The summed E-state index contributed by atoms with van der Waals surface area (Å²) in [4.78, 5) is 15.6. The number of sulfonamides is 1. The van der Waals surface area contributed by atoms with Crippen LogP contribution in [0.4, 0.5) is 5.69 Å². The maximum absolute atomic E-state index is 12.7. The van der Waals surface area contributed by atoms with Gasteiger partial charge in [0.15, 0.2) is 5.58 Å². The average Bonchev–Trinajstić information content (AvgIpc) is 3.11. The summed E-state index contributed by atoms with van der Waals surface area (Å²) in [6, 6.07) is 16.3. The van der Waals surface area contributed by atoms with E-state index in [9.17, 15) is 18.3 Å². The van der Waals surface area contributed by atoms with Crippen LogP contribution in [0.15, 0.2) is 70.0 Å². The van der Waals surface area contributed by atoms with Crippen molar-refractivity contribution in [2.75, 3.05) is 4.72 Å². The van der Waals surface area contributed by atoms with E-state index >= 15 is 0 Å². The largest absolute Gasteiger partial charge is 0.478 e. The van der Waals surface area contributed by atoms with Gasteiger partial charge in [-0.1, -0.05) is 12.1 Å². The van der Waals surface area contributed by atoms with Gasteiger partial charge in [0.2, 0.25) is 5.89 Å². The number of benzene rings is 3. The predicted octanol–water partition coefficient (Wildman–Crippen LogP) is 4.61. The Morgan fingerprint density at radius 2 is 1.73 bits per heavy atom. The Bertz CT molecular complexity index is 1370. The van der Waals surface area contributed by atoms with Crippen molar-refractivity contribution in [3.63, 3.8) is 0 Å². The molecular weight excluding hydrogens is 404 g/mol. The number of nitrogens with zero attached hydrogens (tertiary/aromatic N) is 1. The minimum absolute atomic E-state index is 0.0561. The SMILES string of the molecule is Cc1ccc2oc(-c3ccc(NS(=O)(=O)c4ccc(C)c(C(=O)O)c4)cc3)nc2c1. The van der Waals surface area contributed by atoms with Crippen molar-refractivity contribution >= 4 is 32.8 Å². The molecule has 1 aromatic heterocycles. The molecule has 0 saturated heterocycles. The second-order valence-corrected chi connectivity index (χ2v) is 8.64. The highest BCUT2D eigenvalue weighted by Crippen LogP contribution is 2.27. The molecule has 152 valence electrons. The topological polar surface area (TPSA) is 110 Å². The lowest BCUT2D eigenvalue weighted by Crippen LogP contribution is -2.14. The van der Waals surface area contributed by atoms with Crippen LogP contribution in [0.25, 0.3) is 22.6 Å². The number of carboxylic acid groups (broad SMARTS) is 1. The van der Waals surface area contributed by atoms with Gasteiger partial charge >= 0.3 is 5.97 Å². The molecule has 0 aliphatic rings. The van der Waals surface area contributed by atoms with E-state index in [-0.39, 0.29) is 10.5 Å². The van der Waals surface area contributed by atoms with E-state index in [1.54, 1.807) is 31.2 Å². The van der Waals surface area contributed by atoms with Crippen molar-refractivity contribution in [1.29, 1.82) is 0 Å². The third-order valence-electron chi connectivity index (χ3n) is 4.68. The van der Waals surface area contributed by atoms with Crippen molar-refractivity contribution in [3.8, 4) is 11.5 Å². The van der Waals surface area contributed by atoms with Crippen LogP contribution in [0.5, 0.6) is 0 Å². The number of aryl methyl sites for hydroxylation is 2. The molecule has 0 unspecified atom stereocenters. The van der Waals surface area contributed by atoms with Crippen molar-refractivity contribution in [3.05, 3.63) is 77.4 Å². The highest BCUT2D eigenvalue weighted by Gasteiger charge is 2.18. The highest BCUT2D eigenvalue weighted by atomic mass is 32.2. The number of anilines is 1. The van der Waals surface area contributed by atoms with Gasteiger partial charge in [-0.3, -0.25) is 4.72 Å². The Balaban J connectivity index is 1.59. The van der Waals surface area contributed by atoms with Crippen LogP contribution in [-0.2, 0) is 10.0 Å². The molecule has 0 spiro atoms. The number of fused-ring (bicyclic) bond motifs is 1. The molecule has 0 bridgehead atoms. The van der Waals surface area contributed by atoms with E-state index in [1.165, 1.54) is 12.1 Å². The lowest BCUT2D eigenvalue weighted by molar-refractivity contribution is 0.0696. The molecule has 0 amide bonds. The standard InChI is InChI=1S/C22H18N2O5S/c1-13-3-10-20-19(11-13)23-21(29-20)15-5-7-16(8-6-15)24-30(27,28)17-9-4-14(2)18(12-17)22(25)26/h3-12,24H,1-2H3,(H,25,26). The van der Waals surface area contributed by atoms with Crippen molar-refractivity contribution in [2.24, 2.45) is 0 Å². The van der Waals surface area contributed by atoms with E-state index in [2.05, 4.69) is 9.71 Å². The molecule has 0 aliphatic heterocycles. The number of oxazole rings is 1. The van der Waals surface area contributed by atoms with Crippen LogP contribution in [0.2, 0.25) is 0 Å². The molecule has 2 N–H and O–H groups in total. The van der Waals surface area contributed by atoms with E-state index < -0.39 is 16.0 Å². The van der Waals surface area contributed by atoms with Gasteiger partial charge in [0.25, 0.3) is 10.0 Å². The zero-order valence-electron chi connectivity index (χ0n) is 16.2. The molecule has 4 rings (SSSR count). The molecule has 7 nitrogen and oxygen atoms in total. The minimum Gasteiger partial charge on any atom is -0.478 e. The first-order valence-corrected chi connectivity index (χ1v) is 10.6. The number of aromatic nitrogens is 1. The smallest absolute Gasteiger partial charge is 0.335 e. The van der Waals surface area contributed by atoms with Crippen LogP contribution in [0.1, 0.15) is 21.5 Å². The summed E-state index contributed by atoms with van der Waals surface area (Å²) in [6.07, 6.45) is 0. The minimum atomic E-state index is -3.94. The van der Waals surface area contributed by atoms with E-state index in [1.807, 2.05) is 25.1 Å². The summed E-state index contributed by atoms with van der Waals surface area (Å²) in [5, 5.41) is 9.22. The molecule has 0 fully saturated rings. The maximum atomic E-state index is 12.7. The molecule has 3 aromatic carbocycles. The zero-order chi connectivity index (χ0) is 21.5. The Kier molecular flexibility index (Phi) is 4.79. The van der Waals surface area contributed by atoms with E-state index in [0.717, 1.165) is 17.1 Å². The van der Waals surface area contributed by atoms with Gasteiger partial charge in [0, 0.05) is 11.3 Å². The maximum Gasteiger partial charge on any atom is 0.335 e. The molecule has 30 heavy (non-hydrogen) atoms. The molecule has 0 aliphatic carbocycles. The van der Waals surface area contributed by atoms with Gasteiger partial charge in [0.1, 0.15) is 5.52 Å². The second kappa shape index (κ2) is 7.31. The lowest BCUT2D eigenvalue weighted by Gasteiger charge is -2.10. The van der Waals surface area contributed by atoms with Crippen molar-refractivity contribution in [2.45, 2.75) is 18.7 Å². The van der Waals surface area contributed by atoms with E-state index in [0.29, 0.717) is 28.3 Å². The fraction of sp³-hybridized carbons (Fsp3) is 0.0909. The predicted molar refractivity (Wildman–Crippen MR) is 113 cm³/mol. The lowest BCUT2D eigenvalue weighted by atomic mass is 10.1. The Labute approximate surface area is 173 Å². The second-order valence-electron chi connectivity index (χ2n) is 6.95. The van der Waals surface area contributed by atoms with Gasteiger partial charge in [-0.2, -0.15) is 0 Å². The number of hydrogen-bond donors (Lipinski definition) is 2. The average molecular weight is 422 g/mol. The molecule has 4 aromatic rings. The molecule has 8 heteroatoms. The Hall–Kier alpha value is -3.65. The summed E-state index contributed by atoms with van der Waals surface area (Å²) in [5.41, 5.74) is 3.98. The summed E-state index contributed by atoms with van der Waals surface area (Å²) < 4.78 is 33.5. The normalized spacial score (nSPS) is 11.5. The molecule has 1 heterocycles. The molecule has 0 saturated carbocycles. The van der Waals surface area contributed by atoms with Crippen molar-refractivity contribution < 1.29 is 22.7 Å². The van der Waals surface area contributed by atoms with Gasteiger partial charge in [0.05, 0.1) is 10.5 Å². The number of carboxylic acids is 1. The van der Waals surface area contributed by atoms with Crippen LogP contribution in [0, 0.1) is 13.8 Å². The molecular formula is C22H18N2O5S. The van der Waals surface area contributed by atoms with Crippen LogP contribution in [-0.4, -0.2) is 24.5 Å². The highest BCUT2D eigenvalue weighted by molar-refractivity contribution is 7.92. The zero-order valence-corrected chi connectivity index (χ0v) is 17.0.